The minimum Gasteiger partial charge on any atom is -0.319 e. The molecule has 4 rings (SSSR count). The van der Waals surface area contributed by atoms with Gasteiger partial charge in [-0.05, 0) is 50.2 Å². The van der Waals surface area contributed by atoms with Gasteiger partial charge in [0, 0.05) is 24.1 Å². The Hall–Kier alpha value is -4.54. The van der Waals surface area contributed by atoms with Crippen LogP contribution < -0.4 is 10.6 Å². The van der Waals surface area contributed by atoms with Gasteiger partial charge in [-0.2, -0.15) is 0 Å². The monoisotopic (exact) mass is 446 g/mol. The standard InChI is InChI=1S/C22H19FN8O2/c1-13(2)31-12-26-30-20(31)17-5-3-6-18(28-17)29-21(32)15-11-14(7-8-16(15)23)27-22(33)19-24-9-4-10-25-19/h3-13H,1-2H3,(H,27,33)(H,28,29,32). The van der Waals surface area contributed by atoms with Crippen LogP contribution in [-0.2, 0) is 0 Å². The number of halogens is 1. The number of anilines is 2. The average Bonchev–Trinajstić information content (AvgIpc) is 3.31. The van der Waals surface area contributed by atoms with Crippen LogP contribution in [0.25, 0.3) is 11.5 Å². The first-order valence-corrected chi connectivity index (χ1v) is 9.98. The molecule has 0 atom stereocenters. The molecule has 3 heterocycles. The van der Waals surface area contributed by atoms with Crippen molar-refractivity contribution in [2.75, 3.05) is 10.6 Å². The molecule has 11 heteroatoms. The Morgan fingerprint density at radius 2 is 1.79 bits per heavy atom. The molecule has 0 saturated carbocycles. The molecule has 0 radical (unpaired) electrons. The molecule has 1 aromatic carbocycles. The molecule has 33 heavy (non-hydrogen) atoms. The molecule has 166 valence electrons. The minimum atomic E-state index is -0.753. The fourth-order valence-corrected chi connectivity index (χ4v) is 3.00. The first kappa shape index (κ1) is 21.7. The highest BCUT2D eigenvalue weighted by atomic mass is 19.1. The second-order valence-electron chi connectivity index (χ2n) is 7.24. The van der Waals surface area contributed by atoms with Crippen molar-refractivity contribution >= 4 is 23.3 Å². The van der Waals surface area contributed by atoms with Crippen LogP contribution in [0.1, 0.15) is 40.9 Å². The molecule has 3 aromatic heterocycles. The predicted octanol–water partition coefficient (Wildman–Crippen LogP) is 3.35. The largest absolute Gasteiger partial charge is 0.319 e. The van der Waals surface area contributed by atoms with E-state index in [1.54, 1.807) is 30.6 Å². The number of pyridine rings is 1. The van der Waals surface area contributed by atoms with Gasteiger partial charge in [0.15, 0.2) is 5.82 Å². The molecule has 10 nitrogen and oxygen atoms in total. The summed E-state index contributed by atoms with van der Waals surface area (Å²) in [5.74, 6) is -1.37. The Morgan fingerprint density at radius 3 is 2.55 bits per heavy atom. The SMILES string of the molecule is CC(C)n1cnnc1-c1cccc(NC(=O)c2cc(NC(=O)c3ncccn3)ccc2F)n1. The third-order valence-electron chi connectivity index (χ3n) is 4.59. The molecular weight excluding hydrogens is 427 g/mol. The third-order valence-corrected chi connectivity index (χ3v) is 4.59. The first-order valence-electron chi connectivity index (χ1n) is 9.98. The van der Waals surface area contributed by atoms with Crippen LogP contribution in [0.15, 0.2) is 61.2 Å². The number of carbonyl (C=O) groups excluding carboxylic acids is 2. The molecular formula is C22H19FN8O2. The quantitative estimate of drug-likeness (QED) is 0.465. The lowest BCUT2D eigenvalue weighted by Gasteiger charge is -2.11. The van der Waals surface area contributed by atoms with Gasteiger partial charge in [-0.1, -0.05) is 6.07 Å². The summed E-state index contributed by atoms with van der Waals surface area (Å²) < 4.78 is 16.2. The van der Waals surface area contributed by atoms with Crippen LogP contribution >= 0.6 is 0 Å². The Morgan fingerprint density at radius 1 is 1.00 bits per heavy atom. The Labute approximate surface area is 188 Å². The molecule has 0 bridgehead atoms. The van der Waals surface area contributed by atoms with E-state index in [1.807, 2.05) is 18.4 Å². The zero-order chi connectivity index (χ0) is 23.4. The number of hydrogen-bond donors (Lipinski definition) is 2. The van der Waals surface area contributed by atoms with Gasteiger partial charge in [-0.15, -0.1) is 10.2 Å². The summed E-state index contributed by atoms with van der Waals surface area (Å²) in [7, 11) is 0. The van der Waals surface area contributed by atoms with Crippen LogP contribution in [0.4, 0.5) is 15.9 Å². The molecule has 2 amide bonds. The lowest BCUT2D eigenvalue weighted by molar-refractivity contribution is 0.100. The lowest BCUT2D eigenvalue weighted by Crippen LogP contribution is -2.18. The van der Waals surface area contributed by atoms with Crippen LogP contribution in [0.5, 0.6) is 0 Å². The summed E-state index contributed by atoms with van der Waals surface area (Å²) in [5, 5.41) is 13.1. The highest BCUT2D eigenvalue weighted by Crippen LogP contribution is 2.21. The van der Waals surface area contributed by atoms with Crippen molar-refractivity contribution in [3.05, 3.63) is 78.4 Å². The second-order valence-corrected chi connectivity index (χ2v) is 7.24. The molecule has 0 aliphatic heterocycles. The number of carbonyl (C=O) groups is 2. The van der Waals surface area contributed by atoms with Crippen molar-refractivity contribution < 1.29 is 14.0 Å². The molecule has 0 fully saturated rings. The number of rotatable bonds is 6. The molecule has 0 unspecified atom stereocenters. The summed E-state index contributed by atoms with van der Waals surface area (Å²) >= 11 is 0. The number of hydrogen-bond acceptors (Lipinski definition) is 7. The van der Waals surface area contributed by atoms with Crippen LogP contribution in [0.3, 0.4) is 0 Å². The van der Waals surface area contributed by atoms with E-state index >= 15 is 0 Å². The van der Waals surface area contributed by atoms with E-state index in [9.17, 15) is 14.0 Å². The summed E-state index contributed by atoms with van der Waals surface area (Å²) in [4.78, 5) is 37.1. The Kier molecular flexibility index (Phi) is 6.11. The minimum absolute atomic E-state index is 0.0527. The molecule has 0 saturated heterocycles. The number of nitrogens with zero attached hydrogens (tertiary/aromatic N) is 6. The highest BCUT2D eigenvalue weighted by Gasteiger charge is 2.17. The van der Waals surface area contributed by atoms with Crippen LogP contribution in [0.2, 0.25) is 0 Å². The summed E-state index contributed by atoms with van der Waals surface area (Å²) in [5.41, 5.74) is 0.452. The van der Waals surface area contributed by atoms with Gasteiger partial charge < -0.3 is 15.2 Å². The highest BCUT2D eigenvalue weighted by molar-refractivity contribution is 6.06. The zero-order valence-corrected chi connectivity index (χ0v) is 17.7. The summed E-state index contributed by atoms with van der Waals surface area (Å²) in [6.45, 7) is 3.97. The third kappa shape index (κ3) is 4.87. The van der Waals surface area contributed by atoms with Crippen LogP contribution in [0, 0.1) is 5.82 Å². The number of benzene rings is 1. The van der Waals surface area contributed by atoms with Gasteiger partial charge in [0.2, 0.25) is 5.82 Å². The fourth-order valence-electron chi connectivity index (χ4n) is 3.00. The van der Waals surface area contributed by atoms with Crippen molar-refractivity contribution in [1.29, 1.82) is 0 Å². The number of amides is 2. The molecule has 0 aliphatic rings. The number of aromatic nitrogens is 6. The Balaban J connectivity index is 1.54. The fraction of sp³-hybridized carbons (Fsp3) is 0.136. The first-order chi connectivity index (χ1) is 15.9. The zero-order valence-electron chi connectivity index (χ0n) is 17.7. The van der Waals surface area contributed by atoms with E-state index in [2.05, 4.69) is 35.8 Å². The molecule has 2 N–H and O–H groups in total. The van der Waals surface area contributed by atoms with Crippen molar-refractivity contribution in [1.82, 2.24) is 29.7 Å². The van der Waals surface area contributed by atoms with E-state index in [1.165, 1.54) is 24.5 Å². The summed E-state index contributed by atoms with van der Waals surface area (Å²) in [6, 6.07) is 10.4. The van der Waals surface area contributed by atoms with E-state index in [-0.39, 0.29) is 28.9 Å². The smallest absolute Gasteiger partial charge is 0.293 e. The van der Waals surface area contributed by atoms with Crippen molar-refractivity contribution in [2.24, 2.45) is 0 Å². The van der Waals surface area contributed by atoms with Crippen molar-refractivity contribution in [3.63, 3.8) is 0 Å². The molecule has 0 aliphatic carbocycles. The maximum atomic E-state index is 14.4. The van der Waals surface area contributed by atoms with Gasteiger partial charge in [-0.3, -0.25) is 9.59 Å². The molecule has 4 aromatic rings. The number of nitrogens with one attached hydrogen (secondary N) is 2. The van der Waals surface area contributed by atoms with E-state index < -0.39 is 17.6 Å². The molecule has 0 spiro atoms. The average molecular weight is 446 g/mol. The second kappa shape index (κ2) is 9.30. The van der Waals surface area contributed by atoms with Gasteiger partial charge in [0.05, 0.1) is 5.56 Å². The van der Waals surface area contributed by atoms with Gasteiger partial charge >= 0.3 is 0 Å². The van der Waals surface area contributed by atoms with Gasteiger partial charge in [-0.25, -0.2) is 19.3 Å². The van der Waals surface area contributed by atoms with Crippen molar-refractivity contribution in [2.45, 2.75) is 19.9 Å². The van der Waals surface area contributed by atoms with E-state index in [0.717, 1.165) is 6.07 Å². The maximum Gasteiger partial charge on any atom is 0.293 e. The van der Waals surface area contributed by atoms with E-state index in [4.69, 9.17) is 0 Å². The normalized spacial score (nSPS) is 10.8. The topological polar surface area (TPSA) is 128 Å². The maximum absolute atomic E-state index is 14.4. The predicted molar refractivity (Wildman–Crippen MR) is 118 cm³/mol. The van der Waals surface area contributed by atoms with Gasteiger partial charge in [0.25, 0.3) is 11.8 Å². The summed E-state index contributed by atoms with van der Waals surface area (Å²) in [6.07, 6.45) is 4.45. The van der Waals surface area contributed by atoms with E-state index in [0.29, 0.717) is 11.5 Å². The Bertz CT molecular complexity index is 1310. The van der Waals surface area contributed by atoms with Crippen molar-refractivity contribution in [3.8, 4) is 11.5 Å². The lowest BCUT2D eigenvalue weighted by atomic mass is 10.1. The van der Waals surface area contributed by atoms with Crippen LogP contribution in [-0.4, -0.2) is 41.5 Å². The van der Waals surface area contributed by atoms with Gasteiger partial charge in [0.1, 0.15) is 23.7 Å².